The molecule has 0 saturated heterocycles. The van der Waals surface area contributed by atoms with Gasteiger partial charge in [0.2, 0.25) is 0 Å². The monoisotopic (exact) mass is 231 g/mol. The molecule has 68 valence electrons. The molecule has 0 atom stereocenters. The molecule has 2 N–H and O–H groups in total. The highest BCUT2D eigenvalue weighted by Gasteiger charge is 2.11. The van der Waals surface area contributed by atoms with Gasteiger partial charge in [0.05, 0.1) is 10.2 Å². The zero-order chi connectivity index (χ0) is 9.30. The van der Waals surface area contributed by atoms with E-state index >= 15 is 0 Å². The number of nitrogen functional groups attached to an aromatic ring is 1. The fraction of sp³-hybridized carbons (Fsp3) is 0.625. The van der Waals surface area contributed by atoms with Gasteiger partial charge >= 0.3 is 0 Å². The summed E-state index contributed by atoms with van der Waals surface area (Å²) in [5.41, 5.74) is 6.81. The van der Waals surface area contributed by atoms with Crippen molar-refractivity contribution in [2.24, 2.45) is 13.0 Å². The van der Waals surface area contributed by atoms with Crippen LogP contribution in [0.1, 0.15) is 19.5 Å². The van der Waals surface area contributed by atoms with E-state index in [-0.39, 0.29) is 0 Å². The van der Waals surface area contributed by atoms with Crippen LogP contribution in [0.3, 0.4) is 0 Å². The van der Waals surface area contributed by atoms with Crippen LogP contribution in [-0.4, -0.2) is 9.78 Å². The Labute approximate surface area is 81.1 Å². The van der Waals surface area contributed by atoms with Gasteiger partial charge in [-0.2, -0.15) is 5.10 Å². The molecule has 0 aromatic carbocycles. The first-order valence-corrected chi connectivity index (χ1v) is 4.78. The van der Waals surface area contributed by atoms with Crippen molar-refractivity contribution < 1.29 is 0 Å². The summed E-state index contributed by atoms with van der Waals surface area (Å²) in [7, 11) is 1.92. The number of rotatable bonds is 2. The van der Waals surface area contributed by atoms with E-state index in [2.05, 4.69) is 34.9 Å². The molecule has 0 aliphatic heterocycles. The van der Waals surface area contributed by atoms with Crippen LogP contribution in [0.4, 0.5) is 5.82 Å². The standard InChI is InChI=1S/C8H14BrN3/c1-5(2)4-6-7(9)8(10)11-12(6)3/h5H,4H2,1-3H3,(H2,10,11). The predicted molar refractivity (Wildman–Crippen MR) is 53.9 cm³/mol. The quantitative estimate of drug-likeness (QED) is 0.847. The lowest BCUT2D eigenvalue weighted by molar-refractivity contribution is 0.594. The van der Waals surface area contributed by atoms with Gasteiger partial charge in [-0.05, 0) is 28.3 Å². The largest absolute Gasteiger partial charge is 0.381 e. The highest BCUT2D eigenvalue weighted by molar-refractivity contribution is 9.10. The Morgan fingerprint density at radius 2 is 2.17 bits per heavy atom. The molecule has 0 radical (unpaired) electrons. The molecule has 0 spiro atoms. The van der Waals surface area contributed by atoms with Crippen molar-refractivity contribution in [2.45, 2.75) is 20.3 Å². The predicted octanol–water partition coefficient (Wildman–Crippen LogP) is 1.96. The van der Waals surface area contributed by atoms with Crippen LogP contribution < -0.4 is 5.73 Å². The van der Waals surface area contributed by atoms with E-state index in [0.717, 1.165) is 10.9 Å². The maximum Gasteiger partial charge on any atom is 0.160 e. The zero-order valence-corrected chi connectivity index (χ0v) is 9.22. The van der Waals surface area contributed by atoms with E-state index in [1.165, 1.54) is 5.69 Å². The highest BCUT2D eigenvalue weighted by atomic mass is 79.9. The summed E-state index contributed by atoms with van der Waals surface area (Å²) in [5, 5.41) is 4.11. The molecule has 4 heteroatoms. The van der Waals surface area contributed by atoms with E-state index < -0.39 is 0 Å². The minimum Gasteiger partial charge on any atom is -0.381 e. The van der Waals surface area contributed by atoms with Gasteiger partial charge in [-0.25, -0.2) is 0 Å². The molecule has 3 nitrogen and oxygen atoms in total. The van der Waals surface area contributed by atoms with Crippen molar-refractivity contribution in [3.63, 3.8) is 0 Å². The minimum absolute atomic E-state index is 0.577. The van der Waals surface area contributed by atoms with Crippen LogP contribution in [0.5, 0.6) is 0 Å². The fourth-order valence-corrected chi connectivity index (χ4v) is 1.66. The Morgan fingerprint density at radius 3 is 2.50 bits per heavy atom. The molecular formula is C8H14BrN3. The number of halogens is 1. The second-order valence-electron chi connectivity index (χ2n) is 3.37. The van der Waals surface area contributed by atoms with E-state index in [1.54, 1.807) is 0 Å². The summed E-state index contributed by atoms with van der Waals surface area (Å²) >= 11 is 3.42. The van der Waals surface area contributed by atoms with E-state index in [1.807, 2.05) is 11.7 Å². The van der Waals surface area contributed by atoms with Crippen LogP contribution in [-0.2, 0) is 13.5 Å². The smallest absolute Gasteiger partial charge is 0.160 e. The Hall–Kier alpha value is -0.510. The summed E-state index contributed by atoms with van der Waals surface area (Å²) < 4.78 is 2.78. The van der Waals surface area contributed by atoms with Gasteiger partial charge in [0, 0.05) is 7.05 Å². The Bertz CT molecular complexity index is 278. The van der Waals surface area contributed by atoms with Crippen molar-refractivity contribution in [1.29, 1.82) is 0 Å². The number of hydrogen-bond acceptors (Lipinski definition) is 2. The molecule has 0 aliphatic rings. The molecule has 1 aromatic rings. The van der Waals surface area contributed by atoms with Crippen LogP contribution in [0.25, 0.3) is 0 Å². The van der Waals surface area contributed by atoms with Gasteiger partial charge in [0.1, 0.15) is 0 Å². The Morgan fingerprint density at radius 1 is 1.58 bits per heavy atom. The fourth-order valence-electron chi connectivity index (χ4n) is 1.16. The van der Waals surface area contributed by atoms with E-state index in [0.29, 0.717) is 11.7 Å². The van der Waals surface area contributed by atoms with Crippen LogP contribution in [0, 0.1) is 5.92 Å². The molecule has 1 heterocycles. The summed E-state index contributed by atoms with van der Waals surface area (Å²) in [6.45, 7) is 4.35. The second kappa shape index (κ2) is 3.47. The number of nitrogens with two attached hydrogens (primary N) is 1. The maximum absolute atomic E-state index is 5.64. The average molecular weight is 232 g/mol. The van der Waals surface area contributed by atoms with Crippen molar-refractivity contribution in [3.8, 4) is 0 Å². The number of aryl methyl sites for hydroxylation is 1. The van der Waals surface area contributed by atoms with E-state index in [4.69, 9.17) is 5.73 Å². The maximum atomic E-state index is 5.64. The van der Waals surface area contributed by atoms with Gasteiger partial charge in [-0.1, -0.05) is 13.8 Å². The minimum atomic E-state index is 0.577. The van der Waals surface area contributed by atoms with Crippen molar-refractivity contribution in [1.82, 2.24) is 9.78 Å². The number of nitrogens with zero attached hydrogens (tertiary/aromatic N) is 2. The Kier molecular flexibility index (Phi) is 2.77. The lowest BCUT2D eigenvalue weighted by Gasteiger charge is -2.04. The summed E-state index contributed by atoms with van der Waals surface area (Å²) in [6.07, 6.45) is 1.00. The average Bonchev–Trinajstić information content (AvgIpc) is 2.16. The third kappa shape index (κ3) is 1.80. The highest BCUT2D eigenvalue weighted by Crippen LogP contribution is 2.24. The first-order valence-electron chi connectivity index (χ1n) is 3.99. The molecule has 1 rings (SSSR count). The van der Waals surface area contributed by atoms with Crippen LogP contribution >= 0.6 is 15.9 Å². The zero-order valence-electron chi connectivity index (χ0n) is 7.63. The van der Waals surface area contributed by atoms with Gasteiger partial charge in [-0.15, -0.1) is 0 Å². The van der Waals surface area contributed by atoms with Crippen LogP contribution in [0.2, 0.25) is 0 Å². The topological polar surface area (TPSA) is 43.8 Å². The van der Waals surface area contributed by atoms with Crippen molar-refractivity contribution >= 4 is 21.7 Å². The van der Waals surface area contributed by atoms with Gasteiger partial charge < -0.3 is 5.73 Å². The van der Waals surface area contributed by atoms with Gasteiger partial charge in [-0.3, -0.25) is 4.68 Å². The van der Waals surface area contributed by atoms with Crippen molar-refractivity contribution in [2.75, 3.05) is 5.73 Å². The lowest BCUT2D eigenvalue weighted by Crippen LogP contribution is -2.02. The van der Waals surface area contributed by atoms with Gasteiger partial charge in [0.15, 0.2) is 5.82 Å². The number of aromatic nitrogens is 2. The number of anilines is 1. The summed E-state index contributed by atoms with van der Waals surface area (Å²) in [4.78, 5) is 0. The third-order valence-electron chi connectivity index (χ3n) is 1.73. The first kappa shape index (κ1) is 9.58. The molecule has 0 saturated carbocycles. The summed E-state index contributed by atoms with van der Waals surface area (Å²) in [6, 6.07) is 0. The molecule has 0 unspecified atom stereocenters. The third-order valence-corrected chi connectivity index (χ3v) is 2.59. The molecule has 12 heavy (non-hydrogen) atoms. The van der Waals surface area contributed by atoms with Gasteiger partial charge in [0.25, 0.3) is 0 Å². The molecular weight excluding hydrogens is 218 g/mol. The second-order valence-corrected chi connectivity index (χ2v) is 4.16. The Balaban J connectivity index is 2.97. The first-order chi connectivity index (χ1) is 5.52. The van der Waals surface area contributed by atoms with Crippen LogP contribution in [0.15, 0.2) is 4.47 Å². The van der Waals surface area contributed by atoms with E-state index in [9.17, 15) is 0 Å². The summed E-state index contributed by atoms with van der Waals surface area (Å²) in [5.74, 6) is 1.20. The molecule has 1 aromatic heterocycles. The normalized spacial score (nSPS) is 11.1. The molecule has 0 amide bonds. The SMILES string of the molecule is CC(C)Cc1c(Br)c(N)nn1C. The molecule has 0 bridgehead atoms. The molecule has 0 aliphatic carbocycles. The van der Waals surface area contributed by atoms with Crippen molar-refractivity contribution in [3.05, 3.63) is 10.2 Å². The molecule has 0 fully saturated rings. The number of hydrogen-bond donors (Lipinski definition) is 1. The lowest BCUT2D eigenvalue weighted by atomic mass is 10.1.